The molecule has 2 aromatic heterocycles. The number of fused-ring (bicyclic) bond motifs is 1. The highest BCUT2D eigenvalue weighted by Gasteiger charge is 2.14. The predicted molar refractivity (Wildman–Crippen MR) is 100 cm³/mol. The van der Waals surface area contributed by atoms with E-state index in [9.17, 15) is 13.6 Å². The Balaban J connectivity index is 1.83. The maximum Gasteiger partial charge on any atom is 0.337 e. The molecule has 0 aliphatic rings. The molecule has 4 aromatic rings. The van der Waals surface area contributed by atoms with Gasteiger partial charge in [-0.25, -0.2) is 23.5 Å². The van der Waals surface area contributed by atoms with E-state index in [0.717, 1.165) is 28.9 Å². The first-order valence-electron chi connectivity index (χ1n) is 8.48. The van der Waals surface area contributed by atoms with Crippen molar-refractivity contribution in [2.75, 3.05) is 7.11 Å². The van der Waals surface area contributed by atoms with Crippen LogP contribution >= 0.6 is 0 Å². The smallest absolute Gasteiger partial charge is 0.337 e. The van der Waals surface area contributed by atoms with Crippen molar-refractivity contribution in [3.8, 4) is 17.1 Å². The van der Waals surface area contributed by atoms with Gasteiger partial charge in [-0.1, -0.05) is 0 Å². The SMILES string of the molecule is COC(=O)c1ccc(-n2ccc3c(C)nc(-c4ccc(F)c(F)c4)nc32)cc1. The lowest BCUT2D eigenvalue weighted by atomic mass is 10.2. The van der Waals surface area contributed by atoms with E-state index < -0.39 is 17.6 Å². The zero-order valence-electron chi connectivity index (χ0n) is 15.1. The van der Waals surface area contributed by atoms with Gasteiger partial charge in [0.2, 0.25) is 0 Å². The number of carbonyl (C=O) groups is 1. The molecule has 0 amide bonds. The summed E-state index contributed by atoms with van der Waals surface area (Å²) in [5, 5.41) is 0.836. The van der Waals surface area contributed by atoms with Gasteiger partial charge in [-0.05, 0) is 55.5 Å². The van der Waals surface area contributed by atoms with Crippen LogP contribution in [0.1, 0.15) is 16.1 Å². The van der Waals surface area contributed by atoms with Crippen molar-refractivity contribution in [2.24, 2.45) is 0 Å². The Labute approximate surface area is 159 Å². The Kier molecular flexibility index (Phi) is 4.35. The molecule has 0 aliphatic carbocycles. The van der Waals surface area contributed by atoms with Gasteiger partial charge in [-0.3, -0.25) is 0 Å². The van der Waals surface area contributed by atoms with E-state index >= 15 is 0 Å². The monoisotopic (exact) mass is 379 g/mol. The van der Waals surface area contributed by atoms with Crippen LogP contribution in [0.25, 0.3) is 28.1 Å². The van der Waals surface area contributed by atoms with Crippen molar-refractivity contribution in [2.45, 2.75) is 6.92 Å². The predicted octanol–water partition coefficient (Wildman–Crippen LogP) is 4.46. The zero-order valence-corrected chi connectivity index (χ0v) is 15.1. The minimum absolute atomic E-state index is 0.301. The Morgan fingerprint density at radius 3 is 2.43 bits per heavy atom. The molecule has 0 saturated heterocycles. The second-order valence-corrected chi connectivity index (χ2v) is 6.22. The Morgan fingerprint density at radius 1 is 1.00 bits per heavy atom. The number of carbonyl (C=O) groups excluding carboxylic acids is 1. The molecule has 0 bridgehead atoms. The summed E-state index contributed by atoms with van der Waals surface area (Å²) in [6.45, 7) is 1.83. The summed E-state index contributed by atoms with van der Waals surface area (Å²) in [7, 11) is 1.33. The lowest BCUT2D eigenvalue weighted by Gasteiger charge is -2.08. The van der Waals surface area contributed by atoms with Gasteiger partial charge in [0.25, 0.3) is 0 Å². The van der Waals surface area contributed by atoms with Gasteiger partial charge in [0.15, 0.2) is 17.5 Å². The van der Waals surface area contributed by atoms with Gasteiger partial charge >= 0.3 is 5.97 Å². The van der Waals surface area contributed by atoms with Crippen LogP contribution in [0.15, 0.2) is 54.7 Å². The lowest BCUT2D eigenvalue weighted by Crippen LogP contribution is -2.02. The third kappa shape index (κ3) is 3.00. The second-order valence-electron chi connectivity index (χ2n) is 6.22. The van der Waals surface area contributed by atoms with Gasteiger partial charge < -0.3 is 9.30 Å². The summed E-state index contributed by atoms with van der Waals surface area (Å²) in [5.74, 6) is -1.99. The standard InChI is InChI=1S/C21H15F2N3O2/c1-12-16-9-10-26(15-6-3-13(4-7-15)21(27)28-2)20(16)25-19(24-12)14-5-8-17(22)18(23)11-14/h3-11H,1-2H3. The molecule has 28 heavy (non-hydrogen) atoms. The van der Waals surface area contributed by atoms with E-state index in [4.69, 9.17) is 4.74 Å². The third-order valence-electron chi connectivity index (χ3n) is 4.48. The fourth-order valence-corrected chi connectivity index (χ4v) is 3.01. The van der Waals surface area contributed by atoms with Crippen LogP contribution in [0.3, 0.4) is 0 Å². The summed E-state index contributed by atoms with van der Waals surface area (Å²) in [4.78, 5) is 20.6. The van der Waals surface area contributed by atoms with Crippen LogP contribution in [-0.2, 0) is 4.74 Å². The number of aromatic nitrogens is 3. The van der Waals surface area contributed by atoms with E-state index in [0.29, 0.717) is 22.6 Å². The zero-order chi connectivity index (χ0) is 19.8. The number of rotatable bonds is 3. The number of aryl methyl sites for hydroxylation is 1. The van der Waals surface area contributed by atoms with E-state index in [1.807, 2.05) is 23.8 Å². The molecule has 0 fully saturated rings. The van der Waals surface area contributed by atoms with Crippen molar-refractivity contribution in [1.29, 1.82) is 0 Å². The molecule has 0 aliphatic heterocycles. The first-order valence-corrected chi connectivity index (χ1v) is 8.48. The van der Waals surface area contributed by atoms with Crippen molar-refractivity contribution < 1.29 is 18.3 Å². The lowest BCUT2D eigenvalue weighted by molar-refractivity contribution is 0.0600. The van der Waals surface area contributed by atoms with Crippen LogP contribution in [0, 0.1) is 18.6 Å². The average molecular weight is 379 g/mol. The maximum absolute atomic E-state index is 13.6. The first kappa shape index (κ1) is 17.8. The summed E-state index contributed by atoms with van der Waals surface area (Å²) < 4.78 is 33.4. The number of benzene rings is 2. The molecule has 5 nitrogen and oxygen atoms in total. The van der Waals surface area contributed by atoms with Crippen LogP contribution in [0.2, 0.25) is 0 Å². The van der Waals surface area contributed by atoms with Crippen LogP contribution in [-0.4, -0.2) is 27.6 Å². The first-order chi connectivity index (χ1) is 13.5. The van der Waals surface area contributed by atoms with Crippen molar-refractivity contribution >= 4 is 17.0 Å². The summed E-state index contributed by atoms with van der Waals surface area (Å²) >= 11 is 0. The van der Waals surface area contributed by atoms with Gasteiger partial charge in [-0.15, -0.1) is 0 Å². The largest absolute Gasteiger partial charge is 0.465 e. The van der Waals surface area contributed by atoms with Gasteiger partial charge in [-0.2, -0.15) is 0 Å². The van der Waals surface area contributed by atoms with Crippen LogP contribution in [0.4, 0.5) is 8.78 Å². The molecular weight excluding hydrogens is 364 g/mol. The number of hydrogen-bond acceptors (Lipinski definition) is 4. The topological polar surface area (TPSA) is 57.0 Å². The average Bonchev–Trinajstić information content (AvgIpc) is 3.14. The molecular formula is C21H15F2N3O2. The normalized spacial score (nSPS) is 11.0. The molecule has 0 N–H and O–H groups in total. The minimum Gasteiger partial charge on any atom is -0.465 e. The highest BCUT2D eigenvalue weighted by Crippen LogP contribution is 2.25. The Bertz CT molecular complexity index is 1200. The summed E-state index contributed by atoms with van der Waals surface area (Å²) in [6, 6.07) is 12.3. The molecule has 2 aromatic carbocycles. The Morgan fingerprint density at radius 2 is 1.75 bits per heavy atom. The highest BCUT2D eigenvalue weighted by atomic mass is 19.2. The summed E-state index contributed by atoms with van der Waals surface area (Å²) in [6.07, 6.45) is 1.84. The number of hydrogen-bond donors (Lipinski definition) is 0. The number of halogens is 2. The van der Waals surface area contributed by atoms with Gasteiger partial charge in [0.1, 0.15) is 5.65 Å². The maximum atomic E-state index is 13.6. The Hall–Kier alpha value is -3.61. The quantitative estimate of drug-likeness (QED) is 0.493. The number of esters is 1. The fraction of sp³-hybridized carbons (Fsp3) is 0.0952. The van der Waals surface area contributed by atoms with E-state index in [1.54, 1.807) is 24.3 Å². The minimum atomic E-state index is -0.951. The molecule has 7 heteroatoms. The van der Waals surface area contributed by atoms with Gasteiger partial charge in [0.05, 0.1) is 18.4 Å². The molecule has 0 saturated carbocycles. The second kappa shape index (κ2) is 6.84. The molecule has 2 heterocycles. The number of methoxy groups -OCH3 is 1. The molecule has 0 spiro atoms. The molecule has 4 rings (SSSR count). The van der Waals surface area contributed by atoms with Crippen molar-refractivity contribution in [3.05, 3.63) is 77.6 Å². The van der Waals surface area contributed by atoms with Crippen LogP contribution in [0.5, 0.6) is 0 Å². The molecule has 0 unspecified atom stereocenters. The van der Waals surface area contributed by atoms with Crippen molar-refractivity contribution in [1.82, 2.24) is 14.5 Å². The molecule has 0 atom stereocenters. The third-order valence-corrected chi connectivity index (χ3v) is 4.48. The number of ether oxygens (including phenoxy) is 1. The highest BCUT2D eigenvalue weighted by molar-refractivity contribution is 5.89. The molecule has 140 valence electrons. The summed E-state index contributed by atoms with van der Waals surface area (Å²) in [5.41, 5.74) is 2.96. The van der Waals surface area contributed by atoms with E-state index in [-0.39, 0.29) is 0 Å². The van der Waals surface area contributed by atoms with E-state index in [1.165, 1.54) is 13.2 Å². The van der Waals surface area contributed by atoms with Gasteiger partial charge in [0, 0.05) is 22.8 Å². The van der Waals surface area contributed by atoms with Crippen molar-refractivity contribution in [3.63, 3.8) is 0 Å². The number of nitrogens with zero attached hydrogens (tertiary/aromatic N) is 3. The van der Waals surface area contributed by atoms with Crippen LogP contribution < -0.4 is 0 Å². The molecule has 0 radical (unpaired) electrons. The fourth-order valence-electron chi connectivity index (χ4n) is 3.01. The van der Waals surface area contributed by atoms with E-state index in [2.05, 4.69) is 9.97 Å².